The molecule has 5 heteroatoms. The van der Waals surface area contributed by atoms with Gasteiger partial charge >= 0.3 is 0 Å². The molecule has 0 radical (unpaired) electrons. The fraction of sp³-hybridized carbons (Fsp3) is 0.600. The van der Waals surface area contributed by atoms with E-state index in [1.54, 1.807) is 10.6 Å². The summed E-state index contributed by atoms with van der Waals surface area (Å²) in [4.78, 5) is 12.8. The number of amides is 1. The zero-order valence-electron chi connectivity index (χ0n) is 14.4. The topological polar surface area (TPSA) is 66.6 Å². The summed E-state index contributed by atoms with van der Waals surface area (Å²) in [5.41, 5.74) is 2.32. The molecule has 2 N–H and O–H groups in total. The van der Waals surface area contributed by atoms with Crippen LogP contribution in [0, 0.1) is 23.2 Å². The van der Waals surface area contributed by atoms with Gasteiger partial charge in [-0.1, -0.05) is 0 Å². The van der Waals surface area contributed by atoms with Crippen molar-refractivity contribution in [2.75, 3.05) is 6.54 Å². The standard InChI is InChI=1S/C20H25N3O2/c24-11-16-7-18-17(2-1-3-23(18)22-16)19(25)21-12-20-8-13-4-14(9-20)6-15(5-13)10-20/h1-3,7,13-15,24H,4-6,8-12H2,(H,21,25). The average molecular weight is 339 g/mol. The van der Waals surface area contributed by atoms with Crippen molar-refractivity contribution in [3.05, 3.63) is 35.7 Å². The van der Waals surface area contributed by atoms with Crippen LogP contribution in [0.5, 0.6) is 0 Å². The lowest BCUT2D eigenvalue weighted by Gasteiger charge is -2.56. The number of nitrogens with one attached hydrogen (secondary N) is 1. The zero-order valence-corrected chi connectivity index (χ0v) is 14.4. The molecule has 6 rings (SSSR count). The molecule has 2 aromatic rings. The van der Waals surface area contributed by atoms with Crippen molar-refractivity contribution in [1.82, 2.24) is 14.9 Å². The molecule has 132 valence electrons. The molecular formula is C20H25N3O2. The van der Waals surface area contributed by atoms with E-state index in [9.17, 15) is 9.90 Å². The Balaban J connectivity index is 1.35. The maximum absolute atomic E-state index is 12.8. The number of fused-ring (bicyclic) bond motifs is 1. The summed E-state index contributed by atoms with van der Waals surface area (Å²) >= 11 is 0. The summed E-state index contributed by atoms with van der Waals surface area (Å²) in [5, 5.41) is 16.8. The number of aliphatic hydroxyl groups is 1. The van der Waals surface area contributed by atoms with Gasteiger partial charge in [-0.15, -0.1) is 0 Å². The first-order valence-electron chi connectivity index (χ1n) is 9.50. The number of carbonyl (C=O) groups is 1. The van der Waals surface area contributed by atoms with Crippen LogP contribution in [0.4, 0.5) is 0 Å². The summed E-state index contributed by atoms with van der Waals surface area (Å²) in [6.45, 7) is 0.688. The van der Waals surface area contributed by atoms with Gasteiger partial charge in [0.1, 0.15) is 0 Å². The van der Waals surface area contributed by atoms with Crippen LogP contribution < -0.4 is 5.32 Å². The van der Waals surface area contributed by atoms with Crippen molar-refractivity contribution >= 4 is 11.4 Å². The second-order valence-electron chi connectivity index (χ2n) is 8.65. The minimum absolute atomic E-state index is 0.0225. The molecule has 1 amide bonds. The molecule has 2 aromatic heterocycles. The molecule has 0 spiro atoms. The first-order chi connectivity index (χ1) is 12.1. The van der Waals surface area contributed by atoms with Crippen molar-refractivity contribution in [2.45, 2.75) is 45.1 Å². The van der Waals surface area contributed by atoms with Crippen LogP contribution in [0.2, 0.25) is 0 Å². The molecule has 4 bridgehead atoms. The highest BCUT2D eigenvalue weighted by Crippen LogP contribution is 2.59. The lowest BCUT2D eigenvalue weighted by molar-refractivity contribution is -0.0503. The van der Waals surface area contributed by atoms with Crippen molar-refractivity contribution in [2.24, 2.45) is 23.2 Å². The van der Waals surface area contributed by atoms with Crippen LogP contribution >= 0.6 is 0 Å². The number of carbonyl (C=O) groups excluding carboxylic acids is 1. The summed E-state index contributed by atoms with van der Waals surface area (Å²) in [5.74, 6) is 2.67. The van der Waals surface area contributed by atoms with Crippen molar-refractivity contribution < 1.29 is 9.90 Å². The Labute approximate surface area is 147 Å². The second-order valence-corrected chi connectivity index (χ2v) is 8.65. The Bertz CT molecular complexity index is 790. The molecule has 0 aliphatic heterocycles. The van der Waals surface area contributed by atoms with Crippen LogP contribution in [-0.4, -0.2) is 27.2 Å². The number of hydrogen-bond donors (Lipinski definition) is 2. The first-order valence-corrected chi connectivity index (χ1v) is 9.50. The van der Waals surface area contributed by atoms with E-state index >= 15 is 0 Å². The first kappa shape index (κ1) is 15.4. The van der Waals surface area contributed by atoms with E-state index in [-0.39, 0.29) is 12.5 Å². The average Bonchev–Trinajstić information content (AvgIpc) is 3.02. The highest BCUT2D eigenvalue weighted by molar-refractivity contribution is 6.00. The highest BCUT2D eigenvalue weighted by atomic mass is 16.3. The summed E-state index contributed by atoms with van der Waals surface area (Å²) in [6.07, 6.45) is 9.97. The van der Waals surface area contributed by atoms with E-state index in [1.807, 2.05) is 18.3 Å². The number of rotatable bonds is 4. The Morgan fingerprint density at radius 1 is 1.24 bits per heavy atom. The second kappa shape index (κ2) is 5.56. The molecular weight excluding hydrogens is 314 g/mol. The van der Waals surface area contributed by atoms with Crippen LogP contribution in [0.3, 0.4) is 0 Å². The molecule has 4 saturated carbocycles. The molecule has 0 unspecified atom stereocenters. The lowest BCUT2D eigenvalue weighted by atomic mass is 9.49. The van der Waals surface area contributed by atoms with Gasteiger partial charge in [0.05, 0.1) is 23.4 Å². The Hall–Kier alpha value is -1.88. The quantitative estimate of drug-likeness (QED) is 0.900. The molecule has 0 saturated heterocycles. The third kappa shape index (κ3) is 2.56. The lowest BCUT2D eigenvalue weighted by Crippen LogP contribution is -2.51. The van der Waals surface area contributed by atoms with Crippen molar-refractivity contribution in [3.8, 4) is 0 Å². The summed E-state index contributed by atoms with van der Waals surface area (Å²) < 4.78 is 1.67. The minimum atomic E-state index is -0.115. The Kier molecular flexibility index (Phi) is 3.42. The van der Waals surface area contributed by atoms with Gasteiger partial charge in [-0.25, -0.2) is 4.52 Å². The number of aromatic nitrogens is 2. The van der Waals surface area contributed by atoms with Crippen molar-refractivity contribution in [3.63, 3.8) is 0 Å². The largest absolute Gasteiger partial charge is 0.390 e. The van der Waals surface area contributed by atoms with Gasteiger partial charge in [-0.2, -0.15) is 5.10 Å². The van der Waals surface area contributed by atoms with Crippen LogP contribution in [-0.2, 0) is 6.61 Å². The van der Waals surface area contributed by atoms with Crippen molar-refractivity contribution in [1.29, 1.82) is 0 Å². The number of aliphatic hydroxyl groups excluding tert-OH is 1. The SMILES string of the molecule is O=C(NCC12CC3CC(CC(C3)C1)C2)c1cccn2nc(CO)cc12. The molecule has 0 aromatic carbocycles. The molecule has 4 aliphatic carbocycles. The summed E-state index contributed by atoms with van der Waals surface area (Å²) in [7, 11) is 0. The molecule has 5 nitrogen and oxygen atoms in total. The van der Waals surface area contributed by atoms with Crippen LogP contribution in [0.15, 0.2) is 24.4 Å². The maximum atomic E-state index is 12.8. The van der Waals surface area contributed by atoms with Gasteiger partial charge in [0.15, 0.2) is 0 Å². The van der Waals surface area contributed by atoms with Gasteiger partial charge in [0, 0.05) is 12.7 Å². The smallest absolute Gasteiger partial charge is 0.253 e. The predicted octanol–water partition coefficient (Wildman–Crippen LogP) is 2.77. The van der Waals surface area contributed by atoms with E-state index in [0.29, 0.717) is 16.7 Å². The number of hydrogen-bond acceptors (Lipinski definition) is 3. The van der Waals surface area contributed by atoms with E-state index in [0.717, 1.165) is 29.8 Å². The minimum Gasteiger partial charge on any atom is -0.390 e. The third-order valence-corrected chi connectivity index (χ3v) is 6.75. The third-order valence-electron chi connectivity index (χ3n) is 6.75. The van der Waals surface area contributed by atoms with Gasteiger partial charge in [-0.3, -0.25) is 4.79 Å². The molecule has 0 atom stereocenters. The van der Waals surface area contributed by atoms with Crippen LogP contribution in [0.1, 0.15) is 54.6 Å². The highest BCUT2D eigenvalue weighted by Gasteiger charge is 2.50. The maximum Gasteiger partial charge on any atom is 0.253 e. The van der Waals surface area contributed by atoms with Crippen LogP contribution in [0.25, 0.3) is 5.52 Å². The molecule has 4 fully saturated rings. The van der Waals surface area contributed by atoms with E-state index in [1.165, 1.54) is 38.5 Å². The summed E-state index contributed by atoms with van der Waals surface area (Å²) in [6, 6.07) is 5.47. The fourth-order valence-electron chi connectivity index (χ4n) is 6.20. The molecule has 4 aliphatic rings. The van der Waals surface area contributed by atoms with Gasteiger partial charge in [-0.05, 0) is 79.9 Å². The van der Waals surface area contributed by atoms with E-state index in [4.69, 9.17) is 0 Å². The number of pyridine rings is 1. The zero-order chi connectivity index (χ0) is 17.0. The predicted molar refractivity (Wildman–Crippen MR) is 94.1 cm³/mol. The van der Waals surface area contributed by atoms with Gasteiger partial charge in [0.2, 0.25) is 0 Å². The molecule has 2 heterocycles. The van der Waals surface area contributed by atoms with Gasteiger partial charge < -0.3 is 10.4 Å². The number of nitrogens with zero attached hydrogens (tertiary/aromatic N) is 2. The Morgan fingerprint density at radius 3 is 2.56 bits per heavy atom. The molecule has 25 heavy (non-hydrogen) atoms. The van der Waals surface area contributed by atoms with Gasteiger partial charge in [0.25, 0.3) is 5.91 Å². The fourth-order valence-corrected chi connectivity index (χ4v) is 6.20. The van der Waals surface area contributed by atoms with E-state index < -0.39 is 0 Å². The normalized spacial score (nSPS) is 33.1. The monoisotopic (exact) mass is 339 g/mol. The Morgan fingerprint density at radius 2 is 1.92 bits per heavy atom. The van der Waals surface area contributed by atoms with E-state index in [2.05, 4.69) is 10.4 Å².